The molecular formula is C24H19F3N3O6PS2. The summed E-state index contributed by atoms with van der Waals surface area (Å²) in [6.45, 7) is 1.13. The second-order valence-corrected chi connectivity index (χ2v) is 12.8. The van der Waals surface area contributed by atoms with Crippen molar-refractivity contribution in [1.29, 1.82) is 5.26 Å². The summed E-state index contributed by atoms with van der Waals surface area (Å²) < 4.78 is 91.4. The summed E-state index contributed by atoms with van der Waals surface area (Å²) in [5.74, 6) is -0.0208. The number of nitrogens with one attached hydrogen (secondary N) is 1. The number of allylic oxidation sites excluding steroid dienone is 2. The molecule has 204 valence electrons. The summed E-state index contributed by atoms with van der Waals surface area (Å²) >= 11 is 0.246. The van der Waals surface area contributed by atoms with E-state index in [9.17, 15) is 36.3 Å². The number of alkyl halides is 3. The highest BCUT2D eigenvalue weighted by Crippen LogP contribution is 2.47. The Kier molecular flexibility index (Phi) is 8.32. The Morgan fingerprint density at radius 3 is 2.62 bits per heavy atom. The zero-order valence-corrected chi connectivity index (χ0v) is 22.4. The van der Waals surface area contributed by atoms with Gasteiger partial charge in [-0.3, -0.25) is 4.57 Å². The minimum absolute atomic E-state index is 0.0720. The van der Waals surface area contributed by atoms with Gasteiger partial charge in [0.1, 0.15) is 22.3 Å². The van der Waals surface area contributed by atoms with E-state index in [1.807, 2.05) is 17.1 Å². The second kappa shape index (κ2) is 11.4. The van der Waals surface area contributed by atoms with Gasteiger partial charge >= 0.3 is 6.18 Å². The fourth-order valence-corrected chi connectivity index (χ4v) is 7.92. The predicted octanol–water partition coefficient (Wildman–Crippen LogP) is 4.23. The third-order valence-electron chi connectivity index (χ3n) is 5.26. The van der Waals surface area contributed by atoms with Gasteiger partial charge in [-0.25, -0.2) is 18.0 Å². The molecule has 0 bridgehead atoms. The van der Waals surface area contributed by atoms with Gasteiger partial charge in [0.2, 0.25) is 0 Å². The first-order valence-corrected chi connectivity index (χ1v) is 15.2. The van der Waals surface area contributed by atoms with E-state index in [0.717, 1.165) is 6.07 Å². The number of nitrogens with zero attached hydrogens (tertiary/aromatic N) is 2. The van der Waals surface area contributed by atoms with Crippen molar-refractivity contribution in [2.75, 3.05) is 26.0 Å². The average Bonchev–Trinajstić information content (AvgIpc) is 3.30. The summed E-state index contributed by atoms with van der Waals surface area (Å²) in [7, 11) is -9.88. The summed E-state index contributed by atoms with van der Waals surface area (Å²) in [6, 6.07) is 11.2. The quantitative estimate of drug-likeness (QED) is 0.271. The number of halogens is 3. The molecule has 1 unspecified atom stereocenters. The van der Waals surface area contributed by atoms with Crippen molar-refractivity contribution in [1.82, 2.24) is 9.62 Å². The predicted molar refractivity (Wildman–Crippen MR) is 135 cm³/mol. The van der Waals surface area contributed by atoms with Gasteiger partial charge < -0.3 is 14.2 Å². The molecule has 39 heavy (non-hydrogen) atoms. The molecule has 2 aromatic carbocycles. The van der Waals surface area contributed by atoms with E-state index in [1.54, 1.807) is 22.9 Å². The van der Waals surface area contributed by atoms with Crippen LogP contribution in [-0.2, 0) is 20.8 Å². The van der Waals surface area contributed by atoms with Crippen LogP contribution in [0.2, 0.25) is 0 Å². The second-order valence-electron chi connectivity index (χ2n) is 8.06. The molecule has 1 N–H and O–H groups in total. The highest BCUT2D eigenvalue weighted by atomic mass is 32.2. The first-order valence-electron chi connectivity index (χ1n) is 11.1. The molecule has 1 aromatic heterocycles. The number of thiophene rings is 1. The standard InChI is InChI=1S/C24H19F3N3O6PS2/c25-24(26,27)22-21-17(15-28)13-19(35-12-11-30-9-5-2-6-10-30)14-20(21)38-23(22)39(33,34)29-16-37(31,32)36-18-7-3-1-4-8-18/h1-8,13-14,29H,9,11-12,16H2. The number of fused-ring (bicyclic) bond motifs is 1. The van der Waals surface area contributed by atoms with Crippen LogP contribution in [0.4, 0.5) is 13.2 Å². The van der Waals surface area contributed by atoms with Crippen molar-refractivity contribution in [3.8, 4) is 17.6 Å². The van der Waals surface area contributed by atoms with Gasteiger partial charge in [0.05, 0.1) is 42.6 Å². The Labute approximate surface area is 226 Å². The summed E-state index contributed by atoms with van der Waals surface area (Å²) in [5, 5.41) is 8.96. The largest absolute Gasteiger partial charge is 0.768 e. The lowest BCUT2D eigenvalue weighted by Gasteiger charge is -2.24. The van der Waals surface area contributed by atoms with Crippen molar-refractivity contribution in [2.45, 2.75) is 10.4 Å². The SMILES string of the molecule is N#Cc1cc(OCCN2[C+]=CC=CC2)cc2sc(S(=O)(=O)NCP(=O)([O-])Oc3ccccc3)c(C(F)(F)F)c12. The fourth-order valence-electron chi connectivity index (χ4n) is 3.59. The van der Waals surface area contributed by atoms with E-state index in [-0.39, 0.29) is 34.1 Å². The molecule has 0 saturated carbocycles. The zero-order chi connectivity index (χ0) is 28.3. The Balaban J connectivity index is 1.62. The number of benzene rings is 2. The van der Waals surface area contributed by atoms with Gasteiger partial charge in [-0.1, -0.05) is 18.2 Å². The van der Waals surface area contributed by atoms with Crippen LogP contribution in [0.1, 0.15) is 11.1 Å². The van der Waals surface area contributed by atoms with Crippen LogP contribution in [0.5, 0.6) is 11.5 Å². The highest BCUT2D eigenvalue weighted by molar-refractivity contribution is 7.92. The number of ether oxygens (including phenoxy) is 1. The number of nitriles is 1. The van der Waals surface area contributed by atoms with E-state index < -0.39 is 50.8 Å². The van der Waals surface area contributed by atoms with Crippen molar-refractivity contribution in [2.24, 2.45) is 0 Å². The smallest absolute Gasteiger partial charge is 0.419 e. The molecule has 0 radical (unpaired) electrons. The van der Waals surface area contributed by atoms with E-state index in [0.29, 0.717) is 13.1 Å². The number of hydrogen-bond acceptors (Lipinski definition) is 9. The maximum Gasteiger partial charge on any atom is 0.419 e. The third kappa shape index (κ3) is 6.96. The van der Waals surface area contributed by atoms with Crippen LogP contribution < -0.4 is 18.9 Å². The first kappa shape index (κ1) is 28.6. The minimum atomic E-state index is -5.18. The molecular weight excluding hydrogens is 578 g/mol. The summed E-state index contributed by atoms with van der Waals surface area (Å²) in [5.41, 5.74) is -2.01. The van der Waals surface area contributed by atoms with E-state index in [2.05, 4.69) is 6.20 Å². The Morgan fingerprint density at radius 2 is 1.97 bits per heavy atom. The molecule has 0 fully saturated rings. The normalized spacial score (nSPS) is 15.0. The first-order chi connectivity index (χ1) is 18.4. The van der Waals surface area contributed by atoms with Crippen molar-refractivity contribution >= 4 is 39.0 Å². The Morgan fingerprint density at radius 1 is 1.23 bits per heavy atom. The molecule has 15 heteroatoms. The number of sulfonamides is 1. The van der Waals surface area contributed by atoms with Gasteiger partial charge in [-0.05, 0) is 24.3 Å². The molecule has 2 heterocycles. The average molecular weight is 598 g/mol. The lowest BCUT2D eigenvalue weighted by Crippen LogP contribution is -2.29. The number of para-hydroxylation sites is 1. The highest BCUT2D eigenvalue weighted by Gasteiger charge is 2.42. The Bertz CT molecular complexity index is 1620. The van der Waals surface area contributed by atoms with Crippen LogP contribution in [-0.4, -0.2) is 39.3 Å². The van der Waals surface area contributed by atoms with Gasteiger partial charge in [0, 0.05) is 16.2 Å². The van der Waals surface area contributed by atoms with Crippen molar-refractivity contribution in [3.05, 3.63) is 78.0 Å². The zero-order valence-electron chi connectivity index (χ0n) is 19.8. The van der Waals surface area contributed by atoms with E-state index in [1.165, 1.54) is 30.3 Å². The molecule has 0 aliphatic carbocycles. The van der Waals surface area contributed by atoms with Gasteiger partial charge in [-0.15, -0.1) is 11.3 Å². The summed E-state index contributed by atoms with van der Waals surface area (Å²) in [4.78, 5) is 14.1. The maximum atomic E-state index is 14.1. The van der Waals surface area contributed by atoms with E-state index in [4.69, 9.17) is 9.26 Å². The van der Waals surface area contributed by atoms with Gasteiger partial charge in [0.15, 0.2) is 19.9 Å². The lowest BCUT2D eigenvalue weighted by atomic mass is 10.1. The third-order valence-corrected chi connectivity index (χ3v) is 9.57. The van der Waals surface area contributed by atoms with Gasteiger partial charge in [0.25, 0.3) is 10.0 Å². The topological polar surface area (TPSA) is 132 Å². The minimum Gasteiger partial charge on any atom is -0.768 e. The van der Waals surface area contributed by atoms with Crippen LogP contribution in [0.3, 0.4) is 0 Å². The van der Waals surface area contributed by atoms with Gasteiger partial charge in [-0.2, -0.15) is 18.4 Å². The molecule has 9 nitrogen and oxygen atoms in total. The molecule has 1 aliphatic rings. The van der Waals surface area contributed by atoms with Crippen LogP contribution in [0.15, 0.2) is 64.9 Å². The monoisotopic (exact) mass is 597 g/mol. The van der Waals surface area contributed by atoms with Crippen molar-refractivity contribution in [3.63, 3.8) is 0 Å². The molecule has 1 atom stereocenters. The molecule has 0 saturated heterocycles. The van der Waals surface area contributed by atoms with Crippen LogP contribution in [0.25, 0.3) is 10.1 Å². The van der Waals surface area contributed by atoms with Crippen LogP contribution >= 0.6 is 18.9 Å². The molecule has 4 rings (SSSR count). The summed E-state index contributed by atoms with van der Waals surface area (Å²) in [6.07, 6.45) is 1.94. The molecule has 1 aliphatic heterocycles. The number of hydrogen-bond donors (Lipinski definition) is 1. The maximum absolute atomic E-state index is 14.1. The molecule has 0 spiro atoms. The number of rotatable bonds is 10. The lowest BCUT2D eigenvalue weighted by molar-refractivity contribution is -0.191. The van der Waals surface area contributed by atoms with Crippen LogP contribution in [0, 0.1) is 17.5 Å². The van der Waals surface area contributed by atoms with E-state index >= 15 is 0 Å². The Hall–Kier alpha value is -3.43. The van der Waals surface area contributed by atoms with Crippen molar-refractivity contribution < 1.29 is 40.3 Å². The molecule has 3 aromatic rings. The fraction of sp³-hybridized carbons (Fsp3) is 0.208. The molecule has 0 amide bonds.